The Hall–Kier alpha value is -1.99. The van der Waals surface area contributed by atoms with Crippen LogP contribution in [0.4, 0.5) is 15.8 Å². The highest BCUT2D eigenvalue weighted by molar-refractivity contribution is 7.09. The van der Waals surface area contributed by atoms with Crippen molar-refractivity contribution in [1.82, 2.24) is 9.88 Å². The maximum absolute atomic E-state index is 13.1. The minimum absolute atomic E-state index is 0.173. The zero-order chi connectivity index (χ0) is 15.4. The van der Waals surface area contributed by atoms with Gasteiger partial charge in [0.15, 0.2) is 0 Å². The van der Waals surface area contributed by atoms with Crippen molar-refractivity contribution in [3.05, 3.63) is 40.1 Å². The number of halogens is 1. The van der Waals surface area contributed by atoms with Crippen molar-refractivity contribution in [3.63, 3.8) is 0 Å². The van der Waals surface area contributed by atoms with E-state index in [1.165, 1.54) is 18.2 Å². The quantitative estimate of drug-likeness (QED) is 0.831. The Morgan fingerprint density at radius 3 is 2.95 bits per heavy atom. The van der Waals surface area contributed by atoms with Gasteiger partial charge in [0.2, 0.25) is 5.91 Å². The monoisotopic (exact) mass is 308 g/mol. The number of rotatable bonds is 5. The third-order valence-electron chi connectivity index (χ3n) is 2.80. The highest BCUT2D eigenvalue weighted by atomic mass is 32.1. The first kappa shape index (κ1) is 15.4. The number of benzene rings is 1. The second kappa shape index (κ2) is 6.64. The molecule has 2 rings (SSSR count). The molecule has 1 aromatic heterocycles. The van der Waals surface area contributed by atoms with Gasteiger partial charge in [0.25, 0.3) is 0 Å². The zero-order valence-electron chi connectivity index (χ0n) is 11.9. The first-order valence-electron chi connectivity index (χ1n) is 6.38. The van der Waals surface area contributed by atoms with E-state index in [1.54, 1.807) is 11.3 Å². The van der Waals surface area contributed by atoms with Gasteiger partial charge in [-0.1, -0.05) is 0 Å². The molecule has 0 saturated heterocycles. The molecule has 1 heterocycles. The fraction of sp³-hybridized carbons (Fsp3) is 0.286. The molecule has 2 aromatic rings. The van der Waals surface area contributed by atoms with E-state index in [0.717, 1.165) is 10.7 Å². The summed E-state index contributed by atoms with van der Waals surface area (Å²) >= 11 is 1.57. The van der Waals surface area contributed by atoms with E-state index in [1.807, 2.05) is 24.3 Å². The number of hydrogen-bond acceptors (Lipinski definition) is 5. The molecule has 1 amide bonds. The van der Waals surface area contributed by atoms with Crippen LogP contribution >= 0.6 is 11.3 Å². The average molecular weight is 308 g/mol. The van der Waals surface area contributed by atoms with E-state index in [2.05, 4.69) is 10.3 Å². The SMILES string of the molecule is Cc1nc(CN(C)CC(=O)Nc2cc(F)ccc2N)cs1. The lowest BCUT2D eigenvalue weighted by atomic mass is 10.2. The summed E-state index contributed by atoms with van der Waals surface area (Å²) in [6.45, 7) is 2.69. The van der Waals surface area contributed by atoms with Gasteiger partial charge in [0, 0.05) is 11.9 Å². The number of hydrogen-bond donors (Lipinski definition) is 2. The van der Waals surface area contributed by atoms with Gasteiger partial charge in [-0.25, -0.2) is 9.37 Å². The summed E-state index contributed by atoms with van der Waals surface area (Å²) in [5, 5.41) is 5.57. The van der Waals surface area contributed by atoms with E-state index < -0.39 is 5.82 Å². The van der Waals surface area contributed by atoms with E-state index in [9.17, 15) is 9.18 Å². The first-order chi connectivity index (χ1) is 9.94. The van der Waals surface area contributed by atoms with E-state index >= 15 is 0 Å². The van der Waals surface area contributed by atoms with E-state index in [0.29, 0.717) is 12.2 Å². The molecule has 3 N–H and O–H groups in total. The molecule has 1 aromatic carbocycles. The molecular weight excluding hydrogens is 291 g/mol. The summed E-state index contributed by atoms with van der Waals surface area (Å²) in [5.41, 5.74) is 7.25. The lowest BCUT2D eigenvalue weighted by Crippen LogP contribution is -2.30. The maximum atomic E-state index is 13.1. The Morgan fingerprint density at radius 1 is 1.52 bits per heavy atom. The number of aromatic nitrogens is 1. The van der Waals surface area contributed by atoms with Gasteiger partial charge in [0.1, 0.15) is 5.82 Å². The van der Waals surface area contributed by atoms with Crippen LogP contribution in [0, 0.1) is 12.7 Å². The highest BCUT2D eigenvalue weighted by Crippen LogP contribution is 2.19. The topological polar surface area (TPSA) is 71.2 Å². The summed E-state index contributed by atoms with van der Waals surface area (Å²) < 4.78 is 13.1. The van der Waals surface area contributed by atoms with Crippen molar-refractivity contribution in [2.75, 3.05) is 24.6 Å². The number of carbonyl (C=O) groups is 1. The Morgan fingerprint density at radius 2 is 2.29 bits per heavy atom. The molecule has 0 unspecified atom stereocenters. The highest BCUT2D eigenvalue weighted by Gasteiger charge is 2.11. The van der Waals surface area contributed by atoms with Crippen LogP contribution < -0.4 is 11.1 Å². The molecule has 0 atom stereocenters. The lowest BCUT2D eigenvalue weighted by Gasteiger charge is -2.15. The molecule has 21 heavy (non-hydrogen) atoms. The number of thiazole rings is 1. The molecular formula is C14H17FN4OS. The second-order valence-corrected chi connectivity index (χ2v) is 5.87. The van der Waals surface area contributed by atoms with Crippen molar-refractivity contribution < 1.29 is 9.18 Å². The van der Waals surface area contributed by atoms with Crippen molar-refractivity contribution in [2.45, 2.75) is 13.5 Å². The van der Waals surface area contributed by atoms with Gasteiger partial charge in [-0.05, 0) is 32.2 Å². The third-order valence-corrected chi connectivity index (χ3v) is 3.62. The molecule has 0 aliphatic rings. The van der Waals surface area contributed by atoms with Crippen LogP contribution in [0.5, 0.6) is 0 Å². The molecule has 7 heteroatoms. The van der Waals surface area contributed by atoms with Crippen LogP contribution in [0.25, 0.3) is 0 Å². The Labute approximate surface area is 126 Å². The van der Waals surface area contributed by atoms with Crippen LogP contribution in [0.15, 0.2) is 23.6 Å². The van der Waals surface area contributed by atoms with Crippen LogP contribution in [0.2, 0.25) is 0 Å². The molecule has 0 fully saturated rings. The minimum atomic E-state index is -0.439. The summed E-state index contributed by atoms with van der Waals surface area (Å²) in [4.78, 5) is 18.1. The minimum Gasteiger partial charge on any atom is -0.397 e. The smallest absolute Gasteiger partial charge is 0.238 e. The molecule has 0 saturated carbocycles. The molecule has 0 aliphatic carbocycles. The van der Waals surface area contributed by atoms with Crippen molar-refractivity contribution in [3.8, 4) is 0 Å². The van der Waals surface area contributed by atoms with Crippen molar-refractivity contribution in [1.29, 1.82) is 0 Å². The Bertz CT molecular complexity index is 644. The zero-order valence-corrected chi connectivity index (χ0v) is 12.7. The number of anilines is 2. The van der Waals surface area contributed by atoms with Crippen LogP contribution in [0.1, 0.15) is 10.7 Å². The molecule has 0 aliphatic heterocycles. The molecule has 112 valence electrons. The van der Waals surface area contributed by atoms with Crippen molar-refractivity contribution in [2.24, 2.45) is 0 Å². The van der Waals surface area contributed by atoms with Gasteiger partial charge in [-0.15, -0.1) is 11.3 Å². The fourth-order valence-electron chi connectivity index (χ4n) is 1.88. The largest absolute Gasteiger partial charge is 0.397 e. The fourth-order valence-corrected chi connectivity index (χ4v) is 2.49. The van der Waals surface area contributed by atoms with Crippen LogP contribution in [-0.4, -0.2) is 29.4 Å². The van der Waals surface area contributed by atoms with E-state index in [4.69, 9.17) is 5.73 Å². The van der Waals surface area contributed by atoms with Crippen LogP contribution in [0.3, 0.4) is 0 Å². The number of aryl methyl sites for hydroxylation is 1. The Kier molecular flexibility index (Phi) is 4.87. The summed E-state index contributed by atoms with van der Waals surface area (Å²) in [7, 11) is 1.82. The summed E-state index contributed by atoms with van der Waals surface area (Å²) in [5.74, 6) is -0.687. The normalized spacial score (nSPS) is 10.9. The standard InChI is InChI=1S/C14H17FN4OS/c1-9-17-11(8-21-9)6-19(2)7-14(20)18-13-5-10(15)3-4-12(13)16/h3-5,8H,6-7,16H2,1-2H3,(H,18,20). The molecule has 0 radical (unpaired) electrons. The number of carbonyl (C=O) groups excluding carboxylic acids is 1. The predicted molar refractivity (Wildman–Crippen MR) is 82.6 cm³/mol. The predicted octanol–water partition coefficient (Wildman–Crippen LogP) is 2.24. The average Bonchev–Trinajstić information content (AvgIpc) is 2.79. The maximum Gasteiger partial charge on any atom is 0.238 e. The summed E-state index contributed by atoms with van der Waals surface area (Å²) in [6, 6.07) is 3.88. The van der Waals surface area contributed by atoms with Gasteiger partial charge in [-0.2, -0.15) is 0 Å². The van der Waals surface area contributed by atoms with Gasteiger partial charge in [0.05, 0.1) is 28.6 Å². The number of nitrogens with two attached hydrogens (primary N) is 1. The lowest BCUT2D eigenvalue weighted by molar-refractivity contribution is -0.117. The molecule has 0 spiro atoms. The van der Waals surface area contributed by atoms with Crippen molar-refractivity contribution >= 4 is 28.6 Å². The van der Waals surface area contributed by atoms with E-state index in [-0.39, 0.29) is 18.1 Å². The second-order valence-electron chi connectivity index (χ2n) is 4.81. The molecule has 5 nitrogen and oxygen atoms in total. The van der Waals surface area contributed by atoms with Gasteiger partial charge in [-0.3, -0.25) is 9.69 Å². The molecule has 0 bridgehead atoms. The number of nitrogens with zero attached hydrogens (tertiary/aromatic N) is 2. The Balaban J connectivity index is 1.90. The number of nitrogens with one attached hydrogen (secondary N) is 1. The van der Waals surface area contributed by atoms with Gasteiger partial charge >= 0.3 is 0 Å². The number of nitrogen functional groups attached to an aromatic ring is 1. The first-order valence-corrected chi connectivity index (χ1v) is 7.26. The third kappa shape index (κ3) is 4.51. The van der Waals surface area contributed by atoms with Crippen LogP contribution in [-0.2, 0) is 11.3 Å². The number of likely N-dealkylation sites (N-methyl/N-ethyl adjacent to an activating group) is 1. The van der Waals surface area contributed by atoms with Gasteiger partial charge < -0.3 is 11.1 Å². The number of amides is 1. The summed E-state index contributed by atoms with van der Waals surface area (Å²) in [6.07, 6.45) is 0.